The minimum absolute atomic E-state index is 0.0319. The Balaban J connectivity index is 1.96. The number of carbonyl (C=O) groups is 3. The van der Waals surface area contributed by atoms with Crippen LogP contribution < -0.4 is 4.90 Å². The number of amides is 3. The third kappa shape index (κ3) is 3.39. The van der Waals surface area contributed by atoms with Crippen LogP contribution in [-0.4, -0.2) is 34.2 Å². The molecule has 7 heteroatoms. The van der Waals surface area contributed by atoms with Gasteiger partial charge in [-0.05, 0) is 56.5 Å². The first-order valence-corrected chi connectivity index (χ1v) is 9.45. The maximum atomic E-state index is 13.0. The summed E-state index contributed by atoms with van der Waals surface area (Å²) in [5.41, 5.74) is -0.151. The highest BCUT2D eigenvalue weighted by Crippen LogP contribution is 2.32. The van der Waals surface area contributed by atoms with Gasteiger partial charge in [-0.15, -0.1) is 11.3 Å². The van der Waals surface area contributed by atoms with Crippen molar-refractivity contribution >= 4 is 46.3 Å². The number of thiophene rings is 1. The molecular formula is C19H19ClN2O3S. The van der Waals surface area contributed by atoms with Crippen LogP contribution >= 0.6 is 22.9 Å². The molecule has 1 atom stereocenters. The van der Waals surface area contributed by atoms with Gasteiger partial charge in [-0.2, -0.15) is 0 Å². The minimum Gasteiger partial charge on any atom is -0.321 e. The fourth-order valence-corrected chi connectivity index (χ4v) is 3.90. The van der Waals surface area contributed by atoms with Gasteiger partial charge in [0.15, 0.2) is 0 Å². The van der Waals surface area contributed by atoms with E-state index in [1.54, 1.807) is 36.4 Å². The molecular weight excluding hydrogens is 372 g/mol. The molecule has 0 N–H and O–H groups in total. The smallest absolute Gasteiger partial charge is 0.265 e. The van der Waals surface area contributed by atoms with Crippen molar-refractivity contribution in [3.05, 3.63) is 51.7 Å². The summed E-state index contributed by atoms with van der Waals surface area (Å²) in [4.78, 5) is 41.8. The van der Waals surface area contributed by atoms with Gasteiger partial charge < -0.3 is 4.90 Å². The van der Waals surface area contributed by atoms with Crippen molar-refractivity contribution in [2.45, 2.75) is 38.8 Å². The first-order valence-electron chi connectivity index (χ1n) is 8.19. The van der Waals surface area contributed by atoms with Crippen LogP contribution in [0, 0.1) is 0 Å². The highest BCUT2D eigenvalue weighted by Gasteiger charge is 2.47. The lowest BCUT2D eigenvalue weighted by Gasteiger charge is -2.38. The molecule has 0 aliphatic carbocycles. The van der Waals surface area contributed by atoms with Crippen LogP contribution in [0.25, 0.3) is 0 Å². The number of benzene rings is 1. The highest BCUT2D eigenvalue weighted by atomic mass is 35.5. The normalized spacial score (nSPS) is 17.7. The van der Waals surface area contributed by atoms with Gasteiger partial charge in [0.05, 0.1) is 17.0 Å². The first-order chi connectivity index (χ1) is 12.2. The second kappa shape index (κ2) is 6.85. The molecule has 0 bridgehead atoms. The summed E-state index contributed by atoms with van der Waals surface area (Å²) in [5, 5.41) is 2.34. The molecule has 1 aromatic heterocycles. The molecule has 0 radical (unpaired) electrons. The SMILES string of the molecule is CC(C)(C)N(C(=O)c1cccs1)C1CC(=O)N(c2ccc(Cl)cc2)C1=O. The number of rotatable bonds is 3. The standard InChI is InChI=1S/C19H19ClN2O3S/c1-19(2,3)22(18(25)15-5-4-10-26-15)14-11-16(23)21(17(14)24)13-8-6-12(20)7-9-13/h4-10,14H,11H2,1-3H3. The molecule has 2 heterocycles. The Morgan fingerprint density at radius 2 is 1.85 bits per heavy atom. The first kappa shape index (κ1) is 18.6. The van der Waals surface area contributed by atoms with E-state index in [1.807, 2.05) is 26.2 Å². The fourth-order valence-electron chi connectivity index (χ4n) is 3.11. The molecule has 3 rings (SSSR count). The van der Waals surface area contributed by atoms with Gasteiger partial charge in [-0.25, -0.2) is 4.90 Å². The number of anilines is 1. The zero-order valence-corrected chi connectivity index (χ0v) is 16.3. The maximum absolute atomic E-state index is 13.0. The van der Waals surface area contributed by atoms with E-state index < -0.39 is 17.5 Å². The monoisotopic (exact) mass is 390 g/mol. The van der Waals surface area contributed by atoms with Gasteiger partial charge in [0.25, 0.3) is 11.8 Å². The lowest BCUT2D eigenvalue weighted by molar-refractivity contribution is -0.123. The molecule has 1 saturated heterocycles. The maximum Gasteiger partial charge on any atom is 0.265 e. The van der Waals surface area contributed by atoms with E-state index >= 15 is 0 Å². The van der Waals surface area contributed by atoms with Gasteiger partial charge in [-0.3, -0.25) is 14.4 Å². The average molecular weight is 391 g/mol. The fraction of sp³-hybridized carbons (Fsp3) is 0.316. The van der Waals surface area contributed by atoms with Crippen LogP contribution in [0.3, 0.4) is 0 Å². The zero-order valence-electron chi connectivity index (χ0n) is 14.7. The van der Waals surface area contributed by atoms with Crippen LogP contribution in [0.5, 0.6) is 0 Å². The molecule has 0 spiro atoms. The molecule has 1 aliphatic rings. The van der Waals surface area contributed by atoms with E-state index in [2.05, 4.69) is 0 Å². The van der Waals surface area contributed by atoms with Crippen molar-refractivity contribution < 1.29 is 14.4 Å². The van der Waals surface area contributed by atoms with Crippen molar-refractivity contribution in [2.75, 3.05) is 4.90 Å². The minimum atomic E-state index is -0.826. The number of halogens is 1. The van der Waals surface area contributed by atoms with Crippen molar-refractivity contribution in [1.29, 1.82) is 0 Å². The molecule has 3 amide bonds. The lowest BCUT2D eigenvalue weighted by atomic mass is 10.0. The van der Waals surface area contributed by atoms with Crippen LogP contribution in [0.1, 0.15) is 36.9 Å². The Kier molecular flexibility index (Phi) is 4.90. The highest BCUT2D eigenvalue weighted by molar-refractivity contribution is 7.12. The Morgan fingerprint density at radius 3 is 2.38 bits per heavy atom. The molecule has 26 heavy (non-hydrogen) atoms. The van der Waals surface area contributed by atoms with E-state index in [1.165, 1.54) is 16.2 Å². The molecule has 5 nitrogen and oxygen atoms in total. The largest absolute Gasteiger partial charge is 0.321 e. The Morgan fingerprint density at radius 1 is 1.19 bits per heavy atom. The number of imide groups is 1. The Bertz CT molecular complexity index is 841. The second-order valence-corrected chi connectivity index (χ2v) is 8.47. The van der Waals surface area contributed by atoms with Gasteiger partial charge in [0.2, 0.25) is 5.91 Å². The number of hydrogen-bond donors (Lipinski definition) is 0. The zero-order chi connectivity index (χ0) is 19.1. The summed E-state index contributed by atoms with van der Waals surface area (Å²) in [7, 11) is 0. The number of hydrogen-bond acceptors (Lipinski definition) is 4. The summed E-state index contributed by atoms with van der Waals surface area (Å²) in [6.45, 7) is 5.59. The van der Waals surface area contributed by atoms with E-state index in [4.69, 9.17) is 11.6 Å². The molecule has 1 aromatic carbocycles. The van der Waals surface area contributed by atoms with Crippen molar-refractivity contribution in [3.63, 3.8) is 0 Å². The molecule has 1 aliphatic heterocycles. The quantitative estimate of drug-likeness (QED) is 0.745. The molecule has 2 aromatic rings. The number of nitrogens with zero attached hydrogens (tertiary/aromatic N) is 2. The predicted octanol–water partition coefficient (Wildman–Crippen LogP) is 3.97. The third-order valence-corrected chi connectivity index (χ3v) is 5.30. The summed E-state index contributed by atoms with van der Waals surface area (Å²) >= 11 is 7.21. The van der Waals surface area contributed by atoms with E-state index in [0.29, 0.717) is 15.6 Å². The van der Waals surface area contributed by atoms with Crippen molar-refractivity contribution in [1.82, 2.24) is 4.90 Å². The Labute approximate surface area is 161 Å². The predicted molar refractivity (Wildman–Crippen MR) is 103 cm³/mol. The van der Waals surface area contributed by atoms with Gasteiger partial charge in [-0.1, -0.05) is 17.7 Å². The van der Waals surface area contributed by atoms with Gasteiger partial charge >= 0.3 is 0 Å². The summed E-state index contributed by atoms with van der Waals surface area (Å²) in [6.07, 6.45) is -0.0319. The van der Waals surface area contributed by atoms with E-state index in [9.17, 15) is 14.4 Å². The van der Waals surface area contributed by atoms with Crippen molar-refractivity contribution in [2.24, 2.45) is 0 Å². The van der Waals surface area contributed by atoms with Crippen molar-refractivity contribution in [3.8, 4) is 0 Å². The summed E-state index contributed by atoms with van der Waals surface area (Å²) < 4.78 is 0. The third-order valence-electron chi connectivity index (χ3n) is 4.19. The van der Waals surface area contributed by atoms with E-state index in [-0.39, 0.29) is 18.2 Å². The van der Waals surface area contributed by atoms with Crippen LogP contribution in [0.2, 0.25) is 5.02 Å². The summed E-state index contributed by atoms with van der Waals surface area (Å²) in [6, 6.07) is 9.20. The molecule has 0 saturated carbocycles. The van der Waals surface area contributed by atoms with Crippen LogP contribution in [0.4, 0.5) is 5.69 Å². The topological polar surface area (TPSA) is 57.7 Å². The number of carbonyl (C=O) groups excluding carboxylic acids is 3. The second-order valence-electron chi connectivity index (χ2n) is 7.09. The summed E-state index contributed by atoms with van der Waals surface area (Å²) in [5.74, 6) is -0.954. The molecule has 1 unspecified atom stereocenters. The van der Waals surface area contributed by atoms with E-state index in [0.717, 1.165) is 4.90 Å². The van der Waals surface area contributed by atoms with Crippen LogP contribution in [-0.2, 0) is 9.59 Å². The Hall–Kier alpha value is -2.18. The van der Waals surface area contributed by atoms with Gasteiger partial charge in [0, 0.05) is 10.6 Å². The average Bonchev–Trinajstić information content (AvgIpc) is 3.17. The van der Waals surface area contributed by atoms with Crippen LogP contribution in [0.15, 0.2) is 41.8 Å². The lowest BCUT2D eigenvalue weighted by Crippen LogP contribution is -2.54. The molecule has 136 valence electrons. The van der Waals surface area contributed by atoms with Gasteiger partial charge in [0.1, 0.15) is 6.04 Å². The molecule has 1 fully saturated rings.